The van der Waals surface area contributed by atoms with Crippen molar-refractivity contribution in [3.63, 3.8) is 0 Å². The van der Waals surface area contributed by atoms with Crippen LogP contribution in [0.5, 0.6) is 0 Å². The molecule has 1 atom stereocenters. The smallest absolute Gasteiger partial charge is 0.247 e. The fraction of sp³-hybridized carbons (Fsp3) is 0.167. The minimum Gasteiger partial charge on any atom is -0.350 e. The van der Waals surface area contributed by atoms with Gasteiger partial charge < -0.3 is 10.2 Å². The van der Waals surface area contributed by atoms with Crippen molar-refractivity contribution in [2.24, 2.45) is 0 Å². The molecular weight excluding hydrogens is 438 g/mol. The van der Waals surface area contributed by atoms with E-state index in [1.165, 1.54) is 24.0 Å². The maximum absolute atomic E-state index is 13.3. The molecule has 1 N–H and O–H groups in total. The van der Waals surface area contributed by atoms with E-state index < -0.39 is 6.04 Å². The number of amides is 2. The summed E-state index contributed by atoms with van der Waals surface area (Å²) < 4.78 is 13.3. The van der Waals surface area contributed by atoms with Crippen molar-refractivity contribution in [3.05, 3.63) is 105 Å². The van der Waals surface area contributed by atoms with Gasteiger partial charge in [0.05, 0.1) is 0 Å². The molecule has 7 heteroatoms. The van der Waals surface area contributed by atoms with Gasteiger partial charge in [-0.2, -0.15) is 0 Å². The molecule has 31 heavy (non-hydrogen) atoms. The van der Waals surface area contributed by atoms with Crippen LogP contribution >= 0.6 is 23.2 Å². The lowest BCUT2D eigenvalue weighted by molar-refractivity contribution is -0.140. The molecule has 3 rings (SSSR count). The van der Waals surface area contributed by atoms with E-state index in [2.05, 4.69) is 5.32 Å². The maximum atomic E-state index is 13.3. The monoisotopic (exact) mass is 458 g/mol. The molecule has 160 valence electrons. The van der Waals surface area contributed by atoms with Gasteiger partial charge in [-0.05, 0) is 41.0 Å². The highest BCUT2D eigenvalue weighted by Gasteiger charge is 2.29. The lowest BCUT2D eigenvalue weighted by Crippen LogP contribution is -2.42. The number of halogens is 3. The molecule has 3 aromatic carbocycles. The van der Waals surface area contributed by atoms with Gasteiger partial charge in [-0.15, -0.1) is 0 Å². The highest BCUT2D eigenvalue weighted by Crippen LogP contribution is 2.25. The third-order valence-corrected chi connectivity index (χ3v) is 5.40. The number of nitrogens with one attached hydrogen (secondary N) is 1. The molecule has 0 aromatic heterocycles. The Morgan fingerprint density at radius 2 is 1.68 bits per heavy atom. The first-order valence-corrected chi connectivity index (χ1v) is 10.4. The molecule has 2 amide bonds. The van der Waals surface area contributed by atoms with Crippen molar-refractivity contribution in [1.82, 2.24) is 10.2 Å². The summed E-state index contributed by atoms with van der Waals surface area (Å²) in [6, 6.07) is 19.1. The van der Waals surface area contributed by atoms with Gasteiger partial charge in [0.15, 0.2) is 0 Å². The number of benzene rings is 3. The average molecular weight is 459 g/mol. The number of carbonyl (C=O) groups is 2. The second kappa shape index (κ2) is 10.4. The van der Waals surface area contributed by atoms with Gasteiger partial charge in [0.2, 0.25) is 11.8 Å². The number of hydrogen-bond donors (Lipinski definition) is 1. The van der Waals surface area contributed by atoms with Gasteiger partial charge in [-0.25, -0.2) is 4.39 Å². The van der Waals surface area contributed by atoms with Crippen LogP contribution in [0.4, 0.5) is 4.39 Å². The van der Waals surface area contributed by atoms with Gasteiger partial charge in [-0.3, -0.25) is 9.59 Å². The van der Waals surface area contributed by atoms with Crippen molar-refractivity contribution in [3.8, 4) is 0 Å². The Labute approximate surface area is 190 Å². The van der Waals surface area contributed by atoms with Crippen LogP contribution < -0.4 is 5.32 Å². The van der Waals surface area contributed by atoms with Crippen LogP contribution in [0.1, 0.15) is 29.7 Å². The zero-order chi connectivity index (χ0) is 22.4. The summed E-state index contributed by atoms with van der Waals surface area (Å²) in [5.41, 5.74) is 2.09. The van der Waals surface area contributed by atoms with E-state index in [4.69, 9.17) is 23.2 Å². The summed E-state index contributed by atoms with van der Waals surface area (Å²) >= 11 is 12.1. The summed E-state index contributed by atoms with van der Waals surface area (Å²) in [7, 11) is 0. The number of carbonyl (C=O) groups excluding carboxylic acids is 2. The minimum absolute atomic E-state index is 0.157. The minimum atomic E-state index is -0.866. The lowest BCUT2D eigenvalue weighted by atomic mass is 10.0. The molecule has 4 nitrogen and oxygen atoms in total. The molecule has 3 aromatic rings. The Morgan fingerprint density at radius 1 is 1.00 bits per heavy atom. The molecule has 0 heterocycles. The Hall–Kier alpha value is -2.89. The first-order chi connectivity index (χ1) is 14.8. The molecule has 0 aliphatic heterocycles. The van der Waals surface area contributed by atoms with Gasteiger partial charge in [0, 0.05) is 30.1 Å². The number of nitrogens with zero attached hydrogens (tertiary/aromatic N) is 1. The molecular formula is C24H21Cl2FN2O2. The van der Waals surface area contributed by atoms with E-state index in [1.807, 2.05) is 18.2 Å². The summed E-state index contributed by atoms with van der Waals surface area (Å²) in [5.74, 6) is -0.997. The molecule has 0 spiro atoms. The predicted molar refractivity (Wildman–Crippen MR) is 120 cm³/mol. The van der Waals surface area contributed by atoms with Crippen molar-refractivity contribution in [2.75, 3.05) is 0 Å². The Bertz CT molecular complexity index is 1060. The van der Waals surface area contributed by atoms with E-state index >= 15 is 0 Å². The zero-order valence-corrected chi connectivity index (χ0v) is 18.3. The normalized spacial score (nSPS) is 11.6. The number of rotatable bonds is 7. The molecule has 0 saturated carbocycles. The summed E-state index contributed by atoms with van der Waals surface area (Å²) in [6.45, 7) is 1.74. The van der Waals surface area contributed by atoms with Crippen LogP contribution in [0.3, 0.4) is 0 Å². The van der Waals surface area contributed by atoms with Crippen LogP contribution in [0.25, 0.3) is 0 Å². The van der Waals surface area contributed by atoms with E-state index in [1.54, 1.807) is 42.5 Å². The predicted octanol–water partition coefficient (Wildman–Crippen LogP) is 5.54. The fourth-order valence-electron chi connectivity index (χ4n) is 3.22. The van der Waals surface area contributed by atoms with Crippen LogP contribution in [0, 0.1) is 5.82 Å². The van der Waals surface area contributed by atoms with E-state index in [0.717, 1.165) is 0 Å². The van der Waals surface area contributed by atoms with Crippen LogP contribution in [0.15, 0.2) is 72.8 Å². The van der Waals surface area contributed by atoms with Gasteiger partial charge in [-0.1, -0.05) is 71.7 Å². The lowest BCUT2D eigenvalue weighted by Gasteiger charge is -2.30. The van der Waals surface area contributed by atoms with Crippen molar-refractivity contribution < 1.29 is 14.0 Å². The van der Waals surface area contributed by atoms with Gasteiger partial charge in [0.25, 0.3) is 0 Å². The first kappa shape index (κ1) is 22.8. The summed E-state index contributed by atoms with van der Waals surface area (Å²) in [5, 5.41) is 3.82. The highest BCUT2D eigenvalue weighted by molar-refractivity contribution is 6.35. The summed E-state index contributed by atoms with van der Waals surface area (Å²) in [6.07, 6.45) is 0. The van der Waals surface area contributed by atoms with Crippen LogP contribution in [-0.4, -0.2) is 16.7 Å². The molecule has 0 radical (unpaired) electrons. The molecule has 0 saturated heterocycles. The average Bonchev–Trinajstić information content (AvgIpc) is 2.74. The second-order valence-electron chi connectivity index (χ2n) is 7.04. The fourth-order valence-corrected chi connectivity index (χ4v) is 3.70. The molecule has 0 unspecified atom stereocenters. The quantitative estimate of drug-likeness (QED) is 0.505. The third-order valence-electron chi connectivity index (χ3n) is 4.81. The first-order valence-electron chi connectivity index (χ1n) is 9.63. The van der Waals surface area contributed by atoms with Gasteiger partial charge >= 0.3 is 0 Å². The zero-order valence-electron chi connectivity index (χ0n) is 16.8. The van der Waals surface area contributed by atoms with Crippen LogP contribution in [-0.2, 0) is 22.7 Å². The Morgan fingerprint density at radius 3 is 2.29 bits per heavy atom. The van der Waals surface area contributed by atoms with E-state index in [-0.39, 0.29) is 30.7 Å². The maximum Gasteiger partial charge on any atom is 0.247 e. The Balaban J connectivity index is 1.87. The van der Waals surface area contributed by atoms with E-state index in [0.29, 0.717) is 26.7 Å². The largest absolute Gasteiger partial charge is 0.350 e. The molecule has 0 aliphatic rings. The number of hydrogen-bond acceptors (Lipinski definition) is 2. The summed E-state index contributed by atoms with van der Waals surface area (Å²) in [4.78, 5) is 27.2. The van der Waals surface area contributed by atoms with Crippen molar-refractivity contribution in [1.29, 1.82) is 0 Å². The molecule has 0 aliphatic carbocycles. The van der Waals surface area contributed by atoms with E-state index in [9.17, 15) is 14.0 Å². The van der Waals surface area contributed by atoms with Gasteiger partial charge in [0.1, 0.15) is 11.9 Å². The standard InChI is InChI=1S/C24H21Cl2FN2O2/c1-16(30)29(15-17-7-11-21(27)12-8-17)23(18-5-3-2-4-6-18)24(31)28-14-19-9-10-20(25)13-22(19)26/h2-13,23H,14-15H2,1H3,(H,28,31)/t23-/m1/s1. The molecule has 0 fully saturated rings. The highest BCUT2D eigenvalue weighted by atomic mass is 35.5. The molecule has 0 bridgehead atoms. The van der Waals surface area contributed by atoms with Crippen LogP contribution in [0.2, 0.25) is 10.0 Å². The van der Waals surface area contributed by atoms with Crippen molar-refractivity contribution >= 4 is 35.0 Å². The Kier molecular flexibility index (Phi) is 7.66. The SMILES string of the molecule is CC(=O)N(Cc1ccc(F)cc1)[C@@H](C(=O)NCc1ccc(Cl)cc1Cl)c1ccccc1. The second-order valence-corrected chi connectivity index (χ2v) is 7.88. The van der Waals surface area contributed by atoms with Crippen molar-refractivity contribution in [2.45, 2.75) is 26.1 Å². The topological polar surface area (TPSA) is 49.4 Å². The third kappa shape index (κ3) is 6.06.